The molecule has 1 amide bonds. The van der Waals surface area contributed by atoms with Crippen LogP contribution >= 0.6 is 0 Å². The molecule has 1 saturated heterocycles. The van der Waals surface area contributed by atoms with Crippen LogP contribution in [-0.4, -0.2) is 57.4 Å². The predicted molar refractivity (Wildman–Crippen MR) is 111 cm³/mol. The van der Waals surface area contributed by atoms with E-state index in [1.807, 2.05) is 37.9 Å². The van der Waals surface area contributed by atoms with Crippen LogP contribution in [0.2, 0.25) is 0 Å². The predicted octanol–water partition coefficient (Wildman–Crippen LogP) is 2.88. The van der Waals surface area contributed by atoms with E-state index in [2.05, 4.69) is 9.62 Å². The van der Waals surface area contributed by atoms with Gasteiger partial charge < -0.3 is 9.80 Å². The van der Waals surface area contributed by atoms with E-state index in [0.717, 1.165) is 30.6 Å². The molecule has 1 aliphatic rings. The highest BCUT2D eigenvalue weighted by Gasteiger charge is 2.23. The highest BCUT2D eigenvalue weighted by Crippen LogP contribution is 2.21. The number of nitrogens with zero attached hydrogens (tertiary/aromatic N) is 2. The van der Waals surface area contributed by atoms with Crippen LogP contribution in [0.5, 0.6) is 0 Å². The maximum Gasteiger partial charge on any atom is 0.261 e. The third-order valence-corrected chi connectivity index (χ3v) is 6.44. The summed E-state index contributed by atoms with van der Waals surface area (Å²) >= 11 is 0. The number of sulfonamides is 1. The van der Waals surface area contributed by atoms with Gasteiger partial charge in [-0.25, -0.2) is 8.42 Å². The molecule has 1 aliphatic heterocycles. The Hall–Kier alpha value is -2.38. The molecule has 7 heteroatoms. The van der Waals surface area contributed by atoms with Crippen LogP contribution in [0.1, 0.15) is 27.9 Å². The van der Waals surface area contributed by atoms with Crippen molar-refractivity contribution in [2.24, 2.45) is 0 Å². The van der Waals surface area contributed by atoms with E-state index in [4.69, 9.17) is 0 Å². The molecule has 28 heavy (non-hydrogen) atoms. The zero-order valence-corrected chi connectivity index (χ0v) is 17.4. The fourth-order valence-corrected chi connectivity index (χ4v) is 4.34. The molecule has 1 heterocycles. The van der Waals surface area contributed by atoms with Crippen LogP contribution in [-0.2, 0) is 10.0 Å². The Balaban J connectivity index is 1.85. The number of hydrogen-bond acceptors (Lipinski definition) is 4. The van der Waals surface area contributed by atoms with E-state index in [9.17, 15) is 13.2 Å². The monoisotopic (exact) mass is 401 g/mol. The molecule has 1 N–H and O–H groups in total. The van der Waals surface area contributed by atoms with Crippen molar-refractivity contribution in [1.82, 2.24) is 9.80 Å². The lowest BCUT2D eigenvalue weighted by Crippen LogP contribution is -2.35. The highest BCUT2D eigenvalue weighted by molar-refractivity contribution is 7.92. The van der Waals surface area contributed by atoms with Gasteiger partial charge in [-0.15, -0.1) is 0 Å². The maximum atomic E-state index is 13.0. The molecule has 0 aliphatic carbocycles. The van der Waals surface area contributed by atoms with Gasteiger partial charge in [0.05, 0.1) is 4.90 Å². The summed E-state index contributed by atoms with van der Waals surface area (Å²) in [6, 6.07) is 11.9. The van der Waals surface area contributed by atoms with Crippen molar-refractivity contribution in [2.45, 2.75) is 25.2 Å². The Kier molecular flexibility index (Phi) is 6.05. The molecule has 2 aromatic rings. The smallest absolute Gasteiger partial charge is 0.261 e. The lowest BCUT2D eigenvalue weighted by molar-refractivity contribution is 0.0762. The lowest BCUT2D eigenvalue weighted by atomic mass is 10.1. The van der Waals surface area contributed by atoms with Crippen molar-refractivity contribution in [3.05, 3.63) is 59.2 Å². The average molecular weight is 402 g/mol. The van der Waals surface area contributed by atoms with Crippen molar-refractivity contribution in [1.29, 1.82) is 0 Å². The Labute approximate surface area is 167 Å². The Morgan fingerprint density at radius 2 is 1.68 bits per heavy atom. The van der Waals surface area contributed by atoms with Crippen LogP contribution < -0.4 is 4.72 Å². The number of likely N-dealkylation sites (N-methyl/N-ethyl adjacent to an activating group) is 1. The molecule has 3 rings (SSSR count). The number of amides is 1. The van der Waals surface area contributed by atoms with Crippen molar-refractivity contribution >= 4 is 21.6 Å². The minimum absolute atomic E-state index is 0.0916. The summed E-state index contributed by atoms with van der Waals surface area (Å²) in [4.78, 5) is 17.2. The molecule has 6 nitrogen and oxygen atoms in total. The van der Waals surface area contributed by atoms with Gasteiger partial charge in [-0.1, -0.05) is 23.8 Å². The zero-order valence-electron chi connectivity index (χ0n) is 16.6. The fraction of sp³-hybridized carbons (Fsp3) is 0.381. The molecule has 0 saturated carbocycles. The van der Waals surface area contributed by atoms with Gasteiger partial charge in [0.15, 0.2) is 0 Å². The van der Waals surface area contributed by atoms with Crippen molar-refractivity contribution in [3.63, 3.8) is 0 Å². The summed E-state index contributed by atoms with van der Waals surface area (Å²) in [6.45, 7) is 6.88. The van der Waals surface area contributed by atoms with Crippen molar-refractivity contribution in [2.75, 3.05) is 37.9 Å². The van der Waals surface area contributed by atoms with Crippen LogP contribution in [0, 0.1) is 13.8 Å². The number of benzene rings is 2. The SMILES string of the molecule is Cc1ccc(NS(=O)(=O)c2ccc(C)c(C(=O)N3CCCN(C)CC3)c2)cc1. The number of rotatable bonds is 4. The summed E-state index contributed by atoms with van der Waals surface area (Å²) in [6.07, 6.45) is 0.911. The molecule has 0 spiro atoms. The molecule has 0 unspecified atom stereocenters. The van der Waals surface area contributed by atoms with E-state index < -0.39 is 10.0 Å². The number of nitrogens with one attached hydrogen (secondary N) is 1. The largest absolute Gasteiger partial charge is 0.337 e. The fourth-order valence-electron chi connectivity index (χ4n) is 3.25. The first-order valence-corrected chi connectivity index (χ1v) is 10.9. The van der Waals surface area contributed by atoms with Crippen molar-refractivity contribution in [3.8, 4) is 0 Å². The van der Waals surface area contributed by atoms with Gasteiger partial charge in [0.25, 0.3) is 15.9 Å². The number of carbonyl (C=O) groups is 1. The highest BCUT2D eigenvalue weighted by atomic mass is 32.2. The van der Waals surface area contributed by atoms with Gasteiger partial charge in [0.1, 0.15) is 0 Å². The van der Waals surface area contributed by atoms with Crippen LogP contribution in [0.4, 0.5) is 5.69 Å². The molecule has 0 atom stereocenters. The Morgan fingerprint density at radius 3 is 2.39 bits per heavy atom. The summed E-state index contributed by atoms with van der Waals surface area (Å²) < 4.78 is 28.2. The van der Waals surface area contributed by atoms with Gasteiger partial charge in [-0.3, -0.25) is 9.52 Å². The zero-order chi connectivity index (χ0) is 20.3. The van der Waals surface area contributed by atoms with Crippen molar-refractivity contribution < 1.29 is 13.2 Å². The minimum atomic E-state index is -3.77. The molecular weight excluding hydrogens is 374 g/mol. The van der Waals surface area contributed by atoms with Gasteiger partial charge in [0, 0.05) is 30.9 Å². The quantitative estimate of drug-likeness (QED) is 0.855. The molecule has 0 radical (unpaired) electrons. The minimum Gasteiger partial charge on any atom is -0.337 e. The topological polar surface area (TPSA) is 69.7 Å². The van der Waals surface area contributed by atoms with E-state index >= 15 is 0 Å². The molecule has 0 bridgehead atoms. The lowest BCUT2D eigenvalue weighted by Gasteiger charge is -2.22. The van der Waals surface area contributed by atoms with E-state index in [-0.39, 0.29) is 10.8 Å². The number of hydrogen-bond donors (Lipinski definition) is 1. The number of carbonyl (C=O) groups excluding carboxylic acids is 1. The third-order valence-electron chi connectivity index (χ3n) is 5.06. The summed E-state index contributed by atoms with van der Waals surface area (Å²) in [7, 11) is -1.73. The third kappa shape index (κ3) is 4.72. The Morgan fingerprint density at radius 1 is 0.964 bits per heavy atom. The normalized spacial score (nSPS) is 15.9. The summed E-state index contributed by atoms with van der Waals surface area (Å²) in [5, 5.41) is 0. The first-order valence-electron chi connectivity index (χ1n) is 9.44. The first kappa shape index (κ1) is 20.4. The molecule has 2 aromatic carbocycles. The Bertz CT molecular complexity index is 955. The second kappa shape index (κ2) is 8.32. The van der Waals surface area contributed by atoms with Gasteiger partial charge >= 0.3 is 0 Å². The maximum absolute atomic E-state index is 13.0. The molecule has 0 aromatic heterocycles. The van der Waals surface area contributed by atoms with Crippen LogP contribution in [0.25, 0.3) is 0 Å². The molecular formula is C21H27N3O3S. The van der Waals surface area contributed by atoms with Gasteiger partial charge in [0.2, 0.25) is 0 Å². The second-order valence-electron chi connectivity index (χ2n) is 7.40. The van der Waals surface area contributed by atoms with Crippen LogP contribution in [0.15, 0.2) is 47.4 Å². The molecule has 1 fully saturated rings. The standard InChI is InChI=1S/C21H27N3O3S/c1-16-5-8-18(9-6-16)22-28(26,27)19-10-7-17(2)20(15-19)21(25)24-12-4-11-23(3)13-14-24/h5-10,15,22H,4,11-14H2,1-3H3. The summed E-state index contributed by atoms with van der Waals surface area (Å²) in [5.41, 5.74) is 2.76. The van der Waals surface area contributed by atoms with E-state index in [0.29, 0.717) is 24.3 Å². The summed E-state index contributed by atoms with van der Waals surface area (Å²) in [5.74, 6) is -0.111. The van der Waals surface area contributed by atoms with Crippen LogP contribution in [0.3, 0.4) is 0 Å². The van der Waals surface area contributed by atoms with E-state index in [1.165, 1.54) is 6.07 Å². The second-order valence-corrected chi connectivity index (χ2v) is 9.08. The van der Waals surface area contributed by atoms with Gasteiger partial charge in [-0.05, 0) is 63.7 Å². The molecule has 150 valence electrons. The average Bonchev–Trinajstić information content (AvgIpc) is 2.87. The number of aryl methyl sites for hydroxylation is 2. The number of anilines is 1. The van der Waals surface area contributed by atoms with E-state index in [1.54, 1.807) is 24.3 Å². The van der Waals surface area contributed by atoms with Gasteiger partial charge in [-0.2, -0.15) is 0 Å². The first-order chi connectivity index (χ1) is 13.3.